The molecule has 3 saturated carbocycles. The van der Waals surface area contributed by atoms with Gasteiger partial charge in [0, 0.05) is 71.8 Å². The first-order valence-corrected chi connectivity index (χ1v) is 33.9. The van der Waals surface area contributed by atoms with Gasteiger partial charge < -0.3 is 73.8 Å². The summed E-state index contributed by atoms with van der Waals surface area (Å²) in [5.74, 6) is -1.41. The zero-order valence-corrected chi connectivity index (χ0v) is 58.8. The van der Waals surface area contributed by atoms with Crippen LogP contribution in [0.15, 0.2) is 201 Å². The molecule has 520 valence electrons. The molecule has 3 fully saturated rings. The fourth-order valence-corrected chi connectivity index (χ4v) is 17.8. The van der Waals surface area contributed by atoms with E-state index in [1.165, 1.54) is 38.6 Å². The molecule has 0 unspecified atom stereocenters. The van der Waals surface area contributed by atoms with Crippen molar-refractivity contribution < 1.29 is 63.9 Å². The number of methoxy groups -OCH3 is 3. The number of hydrogen-bond donors (Lipinski definition) is 6. The minimum atomic E-state index is -2.03. The van der Waals surface area contributed by atoms with Crippen molar-refractivity contribution in [3.05, 3.63) is 266 Å². The Balaban J connectivity index is 0.000000134. The summed E-state index contributed by atoms with van der Waals surface area (Å²) in [5.41, 5.74) is -4.00. The zero-order chi connectivity index (χ0) is 71.0. The molecule has 0 spiro atoms. The van der Waals surface area contributed by atoms with Crippen molar-refractivity contribution in [2.24, 2.45) is 17.8 Å². The van der Waals surface area contributed by atoms with E-state index in [1.807, 2.05) is 153 Å². The van der Waals surface area contributed by atoms with Crippen molar-refractivity contribution in [3.8, 4) is 34.5 Å². The molecule has 6 aliphatic rings. The summed E-state index contributed by atoms with van der Waals surface area (Å²) in [6, 6.07) is 50.6. The summed E-state index contributed by atoms with van der Waals surface area (Å²) in [6.07, 6.45) is 5.39. The van der Waals surface area contributed by atoms with Gasteiger partial charge in [-0.1, -0.05) is 162 Å². The summed E-state index contributed by atoms with van der Waals surface area (Å²) >= 11 is 18.6. The average Bonchev–Trinajstić information content (AvgIpc) is 1.51. The lowest BCUT2D eigenvalue weighted by Gasteiger charge is -2.41. The van der Waals surface area contributed by atoms with Crippen molar-refractivity contribution in [3.63, 3.8) is 0 Å². The van der Waals surface area contributed by atoms with Gasteiger partial charge in [-0.3, -0.25) is 19.7 Å². The number of benzene rings is 6. The molecule has 100 heavy (non-hydrogen) atoms. The number of halogens is 3. The third kappa shape index (κ3) is 10.4. The Morgan fingerprint density at radius 2 is 0.700 bits per heavy atom. The molecule has 6 aromatic carbocycles. The van der Waals surface area contributed by atoms with E-state index < -0.39 is 63.8 Å². The number of carbonyl (C=O) groups is 1. The number of fused-ring (bicyclic) bond motifs is 9. The molecular formula is C78H79Cl3N6O13. The Morgan fingerprint density at radius 1 is 0.420 bits per heavy atom. The minimum Gasteiger partial charge on any atom is -0.495 e. The van der Waals surface area contributed by atoms with Crippen molar-refractivity contribution in [1.82, 2.24) is 29.7 Å². The number of aliphatic hydroxyl groups is 6. The number of rotatable bonds is 14. The standard InChI is InChI=1S/C26H25ClN2O5.2C26H27ClN2O4/c1-29(2)24(31)20-21(15-7-5-4-6-8-15)26(16-9-11-17(27)12-10-16)25(32,23(20)30)22-18(33-3)13-28-14-19(22)34-26;2*1-29(2)15-19-22(16-7-5-4-6-8-16)26(17-9-11-18(27)12-10-17)25(31,24(19)30)23-20(32-3)13-28-14-21(23)33-26/h4-14,20-21,23,30,32H,1-3H3;2*4-14,19,22,24,30-31H,15H2,1-3H3/t20-,21-,23-,25+,26+;2*19-,22-,24-,25+,26+/m111/s1. The van der Waals surface area contributed by atoms with Gasteiger partial charge >= 0.3 is 0 Å². The highest BCUT2D eigenvalue weighted by Crippen LogP contribution is 2.73. The van der Waals surface area contributed by atoms with E-state index in [1.54, 1.807) is 87.4 Å². The highest BCUT2D eigenvalue weighted by atomic mass is 35.5. The van der Waals surface area contributed by atoms with Gasteiger partial charge in [0.2, 0.25) is 5.91 Å². The van der Waals surface area contributed by atoms with E-state index in [2.05, 4.69) is 15.0 Å². The van der Waals surface area contributed by atoms with Crippen LogP contribution in [-0.4, -0.2) is 161 Å². The van der Waals surface area contributed by atoms with Crippen LogP contribution in [-0.2, 0) is 38.4 Å². The third-order valence-electron chi connectivity index (χ3n) is 21.1. The summed E-state index contributed by atoms with van der Waals surface area (Å²) in [4.78, 5) is 31.7. The van der Waals surface area contributed by atoms with E-state index in [-0.39, 0.29) is 46.6 Å². The molecular weight excluding hydrogens is 1340 g/mol. The first-order chi connectivity index (χ1) is 47.9. The first kappa shape index (κ1) is 70.0. The van der Waals surface area contributed by atoms with Crippen LogP contribution >= 0.6 is 34.8 Å². The predicted molar refractivity (Wildman–Crippen MR) is 377 cm³/mol. The Hall–Kier alpha value is -8.41. The maximum atomic E-state index is 13.5. The molecule has 0 radical (unpaired) electrons. The lowest BCUT2D eigenvalue weighted by molar-refractivity contribution is -0.156. The van der Waals surface area contributed by atoms with Gasteiger partial charge in [-0.25, -0.2) is 0 Å². The monoisotopic (exact) mass is 1410 g/mol. The van der Waals surface area contributed by atoms with Crippen LogP contribution in [0.3, 0.4) is 0 Å². The van der Waals surface area contributed by atoms with Crippen LogP contribution in [0, 0.1) is 17.8 Å². The fourth-order valence-electron chi connectivity index (χ4n) is 17.4. The number of aliphatic hydroxyl groups excluding tert-OH is 3. The van der Waals surface area contributed by atoms with E-state index >= 15 is 0 Å². The highest BCUT2D eigenvalue weighted by molar-refractivity contribution is 6.31. The lowest BCUT2D eigenvalue weighted by atomic mass is 9.70. The SMILES string of the molecule is COc1cncc2c1[C@]1(O)[C@H](O)[C@H](C(=O)N(C)C)[C@@H](c3ccccc3)[C@]1(c1ccc(Cl)cc1)O2.COc1cncc2c1[C@]1(O)[C@H](O)[C@H](CN(C)C)[C@@H](c3ccccc3)[C@]1(c1ccc(Cl)cc1)O2.COc1cncc2c1[C@]1(O)[C@H](O)[C@H](CN(C)C)[C@@H](c3ccccc3)[C@]1(c1ccc(Cl)cc1)O2. The van der Waals surface area contributed by atoms with Gasteiger partial charge in [0.1, 0.15) is 40.6 Å². The maximum Gasteiger partial charge on any atom is 0.228 e. The number of aromatic nitrogens is 3. The minimum absolute atomic E-state index is 0.264. The van der Waals surface area contributed by atoms with Crippen molar-refractivity contribution in [1.29, 1.82) is 0 Å². The predicted octanol–water partition coefficient (Wildman–Crippen LogP) is 10.2. The van der Waals surface area contributed by atoms with Crippen molar-refractivity contribution in [2.45, 2.75) is 69.7 Å². The molecule has 9 aromatic rings. The molecule has 15 atom stereocenters. The molecule has 19 nitrogen and oxygen atoms in total. The average molecular weight is 1410 g/mol. The van der Waals surface area contributed by atoms with Crippen LogP contribution in [0.2, 0.25) is 15.1 Å². The van der Waals surface area contributed by atoms with Crippen LogP contribution in [0.1, 0.15) is 67.8 Å². The van der Waals surface area contributed by atoms with Crippen LogP contribution in [0.25, 0.3) is 0 Å². The van der Waals surface area contributed by atoms with E-state index in [0.717, 1.165) is 27.8 Å². The van der Waals surface area contributed by atoms with Crippen LogP contribution < -0.4 is 28.4 Å². The van der Waals surface area contributed by atoms with Gasteiger partial charge in [-0.2, -0.15) is 0 Å². The molecule has 15 rings (SSSR count). The highest BCUT2D eigenvalue weighted by Gasteiger charge is 2.80. The first-order valence-electron chi connectivity index (χ1n) is 32.7. The quantitative estimate of drug-likeness (QED) is 0.0593. The second-order valence-electron chi connectivity index (χ2n) is 27.1. The summed E-state index contributed by atoms with van der Waals surface area (Å²) in [7, 11) is 15.6. The number of hydrogen-bond acceptors (Lipinski definition) is 18. The van der Waals surface area contributed by atoms with E-state index in [9.17, 15) is 35.4 Å². The third-order valence-corrected chi connectivity index (χ3v) is 21.8. The largest absolute Gasteiger partial charge is 0.495 e. The number of carbonyl (C=O) groups excluding carboxylic acids is 1. The molecule has 3 aliphatic carbocycles. The molecule has 6 heterocycles. The number of nitrogens with zero attached hydrogens (tertiary/aromatic N) is 6. The Labute approximate surface area is 595 Å². The Bertz CT molecular complexity index is 4260. The summed E-state index contributed by atoms with van der Waals surface area (Å²) in [5, 5.41) is 75.1. The number of pyridine rings is 3. The second-order valence-corrected chi connectivity index (χ2v) is 28.4. The molecule has 22 heteroatoms. The van der Waals surface area contributed by atoms with Gasteiger partial charge in [0.05, 0.1) is 93.3 Å². The van der Waals surface area contributed by atoms with E-state index in [4.69, 9.17) is 63.2 Å². The molecule has 6 N–H and O–H groups in total. The number of ether oxygens (including phenoxy) is 6. The normalized spacial score (nSPS) is 29.8. The maximum absolute atomic E-state index is 13.5. The van der Waals surface area contributed by atoms with Gasteiger partial charge in [-0.05, 0) is 98.0 Å². The Morgan fingerprint density at radius 3 is 0.980 bits per heavy atom. The summed E-state index contributed by atoms with van der Waals surface area (Å²) in [6.45, 7) is 1.09. The molecule has 3 aromatic heterocycles. The second kappa shape index (κ2) is 26.8. The van der Waals surface area contributed by atoms with Crippen LogP contribution in [0.4, 0.5) is 0 Å². The Kier molecular flexibility index (Phi) is 18.8. The smallest absolute Gasteiger partial charge is 0.228 e. The lowest BCUT2D eigenvalue weighted by Crippen LogP contribution is -2.52. The fraction of sp³-hybridized carbons (Fsp3) is 0.333. The molecule has 3 aliphatic heterocycles. The van der Waals surface area contributed by atoms with Gasteiger partial charge in [0.25, 0.3) is 0 Å². The molecule has 0 bridgehead atoms. The van der Waals surface area contributed by atoms with Gasteiger partial charge in [-0.15, -0.1) is 0 Å². The number of amides is 1. The molecule has 0 saturated heterocycles. The van der Waals surface area contributed by atoms with Crippen LogP contribution in [0.5, 0.6) is 34.5 Å². The van der Waals surface area contributed by atoms with Crippen molar-refractivity contribution >= 4 is 40.7 Å². The van der Waals surface area contributed by atoms with E-state index in [0.29, 0.717) is 67.8 Å². The van der Waals surface area contributed by atoms with Crippen molar-refractivity contribution in [2.75, 3.05) is 76.7 Å². The molecule has 1 amide bonds. The summed E-state index contributed by atoms with van der Waals surface area (Å²) < 4.78 is 36.8. The zero-order valence-electron chi connectivity index (χ0n) is 56.5. The topological polar surface area (TPSA) is 242 Å². The van der Waals surface area contributed by atoms with Gasteiger partial charge in [0.15, 0.2) is 33.6 Å².